The molecule has 3 aliphatic rings. The number of rotatable bonds is 6. The van der Waals surface area contributed by atoms with Gasteiger partial charge in [0.1, 0.15) is 8.24 Å². The lowest BCUT2D eigenvalue weighted by molar-refractivity contribution is -0.133. The summed E-state index contributed by atoms with van der Waals surface area (Å²) in [5.41, 5.74) is 7.41. The number of ether oxygens (including phenoxy) is 1. The molecule has 1 N–H and O–H groups in total. The number of terminal acetylenes is 1. The fourth-order valence-corrected chi connectivity index (χ4v) is 2.84. The Balaban J connectivity index is 0.000000276. The average Bonchev–Trinajstić information content (AvgIpc) is 3.80. The van der Waals surface area contributed by atoms with Gasteiger partial charge in [-0.2, -0.15) is 14.0 Å². The summed E-state index contributed by atoms with van der Waals surface area (Å²) in [6.45, 7) is 7.39. The molecule has 0 bridgehead atoms. The highest BCUT2D eigenvalue weighted by atomic mass is 35.5. The molecule has 0 atom stereocenters. The van der Waals surface area contributed by atoms with Gasteiger partial charge in [0.05, 0.1) is 19.2 Å². The van der Waals surface area contributed by atoms with Crippen molar-refractivity contribution in [1.29, 1.82) is 0 Å². The molecule has 228 valence electrons. The SMILES string of the molecule is C#CC(=O)OC.CC(=O)/C=C/n1nnn(C2CC2)c1=O.C[Si](C)(C)N=[N+]=[N-].O=C(Cl)C1CC1.O=c1[nH]nnn1C1CC1. The predicted octanol–water partition coefficient (Wildman–Crippen LogP) is 2.22. The van der Waals surface area contributed by atoms with Crippen LogP contribution in [-0.4, -0.2) is 72.3 Å². The standard InChI is InChI=1S/C8H10N4O2.C4H5ClO.C4H6N4O.C4H4O2.C3H9N3Si/c1-6(13)4-5-11-8(14)12(10-9-11)7-2-3-7;5-4(6)3-1-2-3;9-4-5-6-7-8(4)3-1-2-3;1-3-4(5)6-2;1-7(2,3)6-5-4/h4-5,7H,2-3H2,1H3;3H,1-2H2;3H,1-2H2,(H,5,7,9);1H,2H3;1-3H3/b5-4+;;;;. The fraction of sp³-hybridized carbons (Fsp3) is 0.609. The molecule has 42 heavy (non-hydrogen) atoms. The molecule has 0 aromatic carbocycles. The molecule has 0 spiro atoms. The van der Waals surface area contributed by atoms with E-state index in [-0.39, 0.29) is 34.4 Å². The number of hydrogen-bond acceptors (Lipinski definition) is 11. The van der Waals surface area contributed by atoms with E-state index in [1.165, 1.54) is 35.7 Å². The first-order valence-corrected chi connectivity index (χ1v) is 16.6. The second kappa shape index (κ2) is 17.5. The van der Waals surface area contributed by atoms with Crippen molar-refractivity contribution in [3.05, 3.63) is 37.5 Å². The van der Waals surface area contributed by atoms with Crippen molar-refractivity contribution in [3.8, 4) is 12.3 Å². The third-order valence-corrected chi connectivity index (χ3v) is 5.90. The molecule has 2 aromatic heterocycles. The van der Waals surface area contributed by atoms with Crippen LogP contribution in [0.5, 0.6) is 0 Å². The summed E-state index contributed by atoms with van der Waals surface area (Å²) >= 11 is 5.04. The van der Waals surface area contributed by atoms with Gasteiger partial charge < -0.3 is 4.74 Å². The van der Waals surface area contributed by atoms with Crippen LogP contribution in [0.4, 0.5) is 0 Å². The van der Waals surface area contributed by atoms with Gasteiger partial charge in [-0.15, -0.1) is 11.2 Å². The van der Waals surface area contributed by atoms with Gasteiger partial charge in [-0.1, -0.05) is 19.6 Å². The number of ketones is 1. The van der Waals surface area contributed by atoms with Crippen LogP contribution in [0.25, 0.3) is 16.6 Å². The van der Waals surface area contributed by atoms with Gasteiger partial charge in [-0.25, -0.2) is 19.5 Å². The van der Waals surface area contributed by atoms with E-state index in [9.17, 15) is 24.0 Å². The number of allylic oxidation sites excluding steroid dienone is 1. The monoisotopic (exact) mass is 623 g/mol. The maximum Gasteiger partial charge on any atom is 0.383 e. The van der Waals surface area contributed by atoms with E-state index >= 15 is 0 Å². The third-order valence-electron chi connectivity index (χ3n) is 4.90. The minimum Gasteiger partial charge on any atom is -0.459 e. The number of azide groups is 1. The summed E-state index contributed by atoms with van der Waals surface area (Å²) < 4.78 is 11.4. The third kappa shape index (κ3) is 15.5. The van der Waals surface area contributed by atoms with Crippen LogP contribution in [0.15, 0.2) is 20.4 Å². The molecule has 19 heteroatoms. The van der Waals surface area contributed by atoms with Crippen molar-refractivity contribution in [2.75, 3.05) is 7.11 Å². The van der Waals surface area contributed by atoms with Gasteiger partial charge >= 0.3 is 17.3 Å². The number of carbonyl (C=O) groups excluding carboxylic acids is 3. The van der Waals surface area contributed by atoms with Crippen LogP contribution in [0.2, 0.25) is 19.6 Å². The Kier molecular flexibility index (Phi) is 14.8. The highest BCUT2D eigenvalue weighted by molar-refractivity contribution is 6.74. The van der Waals surface area contributed by atoms with Gasteiger partial charge in [-0.05, 0) is 94.4 Å². The number of hydrogen-bond donors (Lipinski definition) is 1. The Hall–Kier alpha value is -4.33. The molecule has 5 rings (SSSR count). The Bertz CT molecular complexity index is 1430. The average molecular weight is 624 g/mol. The predicted molar refractivity (Wildman–Crippen MR) is 154 cm³/mol. The molecular formula is C23H34ClN11O6Si. The number of tetrazole rings is 2. The number of aromatic nitrogens is 8. The number of nitrogens with zero attached hydrogens (tertiary/aromatic N) is 10. The van der Waals surface area contributed by atoms with Gasteiger partial charge in [0.15, 0.2) is 5.78 Å². The van der Waals surface area contributed by atoms with Crippen molar-refractivity contribution in [3.63, 3.8) is 0 Å². The van der Waals surface area contributed by atoms with Crippen molar-refractivity contribution in [2.45, 2.75) is 77.2 Å². The molecule has 0 amide bonds. The summed E-state index contributed by atoms with van der Waals surface area (Å²) in [6.07, 6.45) is 13.3. The number of halogens is 1. The van der Waals surface area contributed by atoms with Crippen LogP contribution in [0.3, 0.4) is 0 Å². The molecule has 3 saturated carbocycles. The second-order valence-corrected chi connectivity index (χ2v) is 15.0. The van der Waals surface area contributed by atoms with Gasteiger partial charge in [0.2, 0.25) is 5.24 Å². The number of carbonyl (C=O) groups is 3. The van der Waals surface area contributed by atoms with Gasteiger partial charge in [-0.3, -0.25) is 9.59 Å². The van der Waals surface area contributed by atoms with E-state index in [1.807, 2.05) is 19.6 Å². The highest BCUT2D eigenvalue weighted by Gasteiger charge is 2.28. The number of H-pyrrole nitrogens is 1. The topological polar surface area (TPSA) is 225 Å². The summed E-state index contributed by atoms with van der Waals surface area (Å²) in [4.78, 5) is 55.2. The summed E-state index contributed by atoms with van der Waals surface area (Å²) in [6, 6.07) is 0.540. The van der Waals surface area contributed by atoms with Gasteiger partial charge in [0.25, 0.3) is 0 Å². The minimum atomic E-state index is -1.45. The summed E-state index contributed by atoms with van der Waals surface area (Å²) in [7, 11) is -0.211. The molecule has 2 aromatic rings. The first kappa shape index (κ1) is 35.7. The molecule has 3 aliphatic carbocycles. The molecule has 2 heterocycles. The van der Waals surface area contributed by atoms with E-state index in [0.717, 1.165) is 43.2 Å². The molecule has 0 radical (unpaired) electrons. The van der Waals surface area contributed by atoms with Crippen molar-refractivity contribution < 1.29 is 19.1 Å². The maximum absolute atomic E-state index is 11.5. The summed E-state index contributed by atoms with van der Waals surface area (Å²) in [5, 5.41) is 16.4. The zero-order valence-electron chi connectivity index (χ0n) is 24.0. The summed E-state index contributed by atoms with van der Waals surface area (Å²) in [5.74, 6) is 1.23. The normalized spacial score (nSPS) is 14.9. The number of aromatic amines is 1. The first-order chi connectivity index (χ1) is 19.7. The Labute approximate surface area is 246 Å². The highest BCUT2D eigenvalue weighted by Crippen LogP contribution is 2.32. The zero-order valence-corrected chi connectivity index (χ0v) is 25.8. The minimum absolute atomic E-state index is 0.127. The van der Waals surface area contributed by atoms with E-state index < -0.39 is 14.2 Å². The number of methoxy groups -OCH3 is 1. The van der Waals surface area contributed by atoms with E-state index in [2.05, 4.69) is 46.8 Å². The lowest BCUT2D eigenvalue weighted by Gasteiger charge is -2.01. The van der Waals surface area contributed by atoms with E-state index in [4.69, 9.17) is 17.1 Å². The van der Waals surface area contributed by atoms with Crippen LogP contribution in [-0.2, 0) is 19.1 Å². The van der Waals surface area contributed by atoms with Crippen molar-refractivity contribution in [1.82, 2.24) is 40.0 Å². The van der Waals surface area contributed by atoms with Crippen LogP contribution in [0, 0.1) is 18.3 Å². The zero-order chi connectivity index (χ0) is 31.9. The van der Waals surface area contributed by atoms with E-state index in [1.54, 1.807) is 5.92 Å². The van der Waals surface area contributed by atoms with Crippen LogP contribution >= 0.6 is 11.6 Å². The van der Waals surface area contributed by atoms with Crippen molar-refractivity contribution >= 4 is 43.0 Å². The van der Waals surface area contributed by atoms with E-state index in [0.29, 0.717) is 6.04 Å². The quantitative estimate of drug-likeness (QED) is 0.0567. The lowest BCUT2D eigenvalue weighted by atomic mass is 10.4. The molecule has 3 fully saturated rings. The Morgan fingerprint density at radius 2 is 1.67 bits per heavy atom. The molecule has 0 saturated heterocycles. The van der Waals surface area contributed by atoms with Crippen LogP contribution in [0.1, 0.15) is 57.5 Å². The Morgan fingerprint density at radius 1 is 1.10 bits per heavy atom. The smallest absolute Gasteiger partial charge is 0.383 e. The molecule has 0 aliphatic heterocycles. The van der Waals surface area contributed by atoms with Crippen molar-refractivity contribution in [2.24, 2.45) is 10.7 Å². The number of esters is 1. The van der Waals surface area contributed by atoms with Crippen LogP contribution < -0.4 is 11.4 Å². The lowest BCUT2D eigenvalue weighted by Crippen LogP contribution is -2.21. The molecular weight excluding hydrogens is 590 g/mol. The fourth-order valence-electron chi connectivity index (χ4n) is 2.35. The Morgan fingerprint density at radius 3 is 1.95 bits per heavy atom. The maximum atomic E-state index is 11.5. The molecule has 17 nitrogen and oxygen atoms in total. The number of nitrogens with one attached hydrogen (secondary N) is 1. The second-order valence-electron chi connectivity index (χ2n) is 10.1. The first-order valence-electron chi connectivity index (χ1n) is 12.8. The molecule has 0 unspecified atom stereocenters. The van der Waals surface area contributed by atoms with Gasteiger partial charge in [0, 0.05) is 18.0 Å². The largest absolute Gasteiger partial charge is 0.459 e.